The van der Waals surface area contributed by atoms with E-state index in [9.17, 15) is 9.59 Å². The van der Waals surface area contributed by atoms with Gasteiger partial charge in [0.1, 0.15) is 5.75 Å². The van der Waals surface area contributed by atoms with Crippen LogP contribution in [0.1, 0.15) is 6.92 Å². The molecule has 0 radical (unpaired) electrons. The highest BCUT2D eigenvalue weighted by atomic mass is 16.5. The first-order valence-electron chi connectivity index (χ1n) is 6.43. The van der Waals surface area contributed by atoms with Crippen LogP contribution in [0.25, 0.3) is 0 Å². The predicted octanol–water partition coefficient (Wildman–Crippen LogP) is 0.766. The van der Waals surface area contributed by atoms with E-state index in [-0.39, 0.29) is 19.1 Å². The van der Waals surface area contributed by atoms with Crippen molar-refractivity contribution < 1.29 is 24.2 Å². The Labute approximate surface area is 116 Å². The number of hydrogen-bond acceptors (Lipinski definition) is 4. The highest BCUT2D eigenvalue weighted by molar-refractivity contribution is 5.82. The lowest BCUT2D eigenvalue weighted by molar-refractivity contribution is -0.161. The van der Waals surface area contributed by atoms with E-state index < -0.39 is 18.2 Å². The molecule has 1 saturated heterocycles. The molecule has 1 aromatic carbocycles. The number of ether oxygens (including phenoxy) is 2. The summed E-state index contributed by atoms with van der Waals surface area (Å²) in [6.45, 7) is 2.31. The fourth-order valence-corrected chi connectivity index (χ4v) is 2.01. The first-order valence-corrected chi connectivity index (χ1v) is 6.43. The number of carbonyl (C=O) groups excluding carboxylic acids is 1. The van der Waals surface area contributed by atoms with Gasteiger partial charge in [-0.15, -0.1) is 0 Å². The van der Waals surface area contributed by atoms with Crippen LogP contribution in [-0.4, -0.2) is 53.8 Å². The molecule has 0 unspecified atom stereocenters. The van der Waals surface area contributed by atoms with Gasteiger partial charge in [0.25, 0.3) is 5.91 Å². The van der Waals surface area contributed by atoms with Gasteiger partial charge >= 0.3 is 5.97 Å². The van der Waals surface area contributed by atoms with E-state index in [4.69, 9.17) is 14.6 Å². The number of carboxylic acid groups (broad SMARTS) is 1. The van der Waals surface area contributed by atoms with Gasteiger partial charge in [-0.05, 0) is 19.1 Å². The number of rotatable bonds is 4. The van der Waals surface area contributed by atoms with Crippen LogP contribution in [-0.2, 0) is 14.3 Å². The second-order valence-electron chi connectivity index (χ2n) is 4.56. The summed E-state index contributed by atoms with van der Waals surface area (Å²) in [5, 5.41) is 8.92. The number of hydrogen-bond donors (Lipinski definition) is 1. The number of carbonyl (C=O) groups is 2. The molecule has 1 aromatic rings. The highest BCUT2D eigenvalue weighted by Gasteiger charge is 2.31. The number of benzene rings is 1. The Bertz CT molecular complexity index is 476. The van der Waals surface area contributed by atoms with E-state index in [0.717, 1.165) is 0 Å². The van der Waals surface area contributed by atoms with Gasteiger partial charge < -0.3 is 19.5 Å². The second kappa shape index (κ2) is 6.38. The third-order valence-corrected chi connectivity index (χ3v) is 3.06. The third-order valence-electron chi connectivity index (χ3n) is 3.06. The topological polar surface area (TPSA) is 76.1 Å². The van der Waals surface area contributed by atoms with Crippen molar-refractivity contribution in [1.29, 1.82) is 0 Å². The first-order chi connectivity index (χ1) is 9.58. The van der Waals surface area contributed by atoms with Gasteiger partial charge in [0.05, 0.1) is 13.2 Å². The molecule has 6 heteroatoms. The lowest BCUT2D eigenvalue weighted by Crippen LogP contribution is -2.51. The Hall–Kier alpha value is -2.08. The molecule has 1 N–H and O–H groups in total. The zero-order chi connectivity index (χ0) is 14.5. The van der Waals surface area contributed by atoms with Gasteiger partial charge in [0.2, 0.25) is 0 Å². The molecule has 2 atom stereocenters. The Kier molecular flexibility index (Phi) is 4.57. The van der Waals surface area contributed by atoms with Gasteiger partial charge in [0, 0.05) is 6.54 Å². The van der Waals surface area contributed by atoms with E-state index in [1.165, 1.54) is 4.90 Å². The van der Waals surface area contributed by atoms with Gasteiger partial charge in [-0.25, -0.2) is 4.79 Å². The molecule has 6 nitrogen and oxygen atoms in total. The van der Waals surface area contributed by atoms with Crippen LogP contribution in [0.3, 0.4) is 0 Å². The minimum atomic E-state index is -1.06. The van der Waals surface area contributed by atoms with Crippen LogP contribution in [0.4, 0.5) is 0 Å². The molecular formula is C14H17NO5. The highest BCUT2D eigenvalue weighted by Crippen LogP contribution is 2.13. The molecule has 1 fully saturated rings. The third kappa shape index (κ3) is 3.48. The molecule has 1 aliphatic rings. The van der Waals surface area contributed by atoms with Crippen molar-refractivity contribution in [3.63, 3.8) is 0 Å². The summed E-state index contributed by atoms with van der Waals surface area (Å²) in [5.74, 6) is -0.682. The second-order valence-corrected chi connectivity index (χ2v) is 4.56. The van der Waals surface area contributed by atoms with Crippen LogP contribution in [0.2, 0.25) is 0 Å². The molecule has 20 heavy (non-hydrogen) atoms. The maximum atomic E-state index is 12.2. The summed E-state index contributed by atoms with van der Waals surface area (Å²) in [6.07, 6.45) is -1.62. The minimum absolute atomic E-state index is 0.0522. The van der Waals surface area contributed by atoms with E-state index in [0.29, 0.717) is 12.3 Å². The number of amides is 1. The summed E-state index contributed by atoms with van der Waals surface area (Å²) >= 11 is 0. The zero-order valence-corrected chi connectivity index (χ0v) is 11.2. The molecule has 0 aromatic heterocycles. The lowest BCUT2D eigenvalue weighted by atomic mass is 10.2. The fourth-order valence-electron chi connectivity index (χ4n) is 2.01. The van der Waals surface area contributed by atoms with Gasteiger partial charge in [0.15, 0.2) is 12.2 Å². The number of carboxylic acids is 1. The van der Waals surface area contributed by atoms with Gasteiger partial charge in [-0.3, -0.25) is 4.79 Å². The molecule has 2 rings (SSSR count). The lowest BCUT2D eigenvalue weighted by Gasteiger charge is -2.32. The average molecular weight is 279 g/mol. The maximum absolute atomic E-state index is 12.2. The Morgan fingerprint density at radius 3 is 2.75 bits per heavy atom. The summed E-state index contributed by atoms with van der Waals surface area (Å²) in [4.78, 5) is 24.6. The van der Waals surface area contributed by atoms with Crippen molar-refractivity contribution in [2.24, 2.45) is 0 Å². The number of nitrogens with zero attached hydrogens (tertiary/aromatic N) is 1. The number of morpholine rings is 1. The number of para-hydroxylation sites is 1. The summed E-state index contributed by atoms with van der Waals surface area (Å²) in [6, 6.07) is 9.04. The molecule has 0 aliphatic carbocycles. The molecular weight excluding hydrogens is 262 g/mol. The van der Waals surface area contributed by atoms with Crippen LogP contribution in [0.15, 0.2) is 30.3 Å². The first kappa shape index (κ1) is 14.3. The largest absolute Gasteiger partial charge is 0.481 e. The van der Waals surface area contributed by atoms with E-state index >= 15 is 0 Å². The monoisotopic (exact) mass is 279 g/mol. The van der Waals surface area contributed by atoms with Gasteiger partial charge in [-0.1, -0.05) is 18.2 Å². The molecule has 1 aliphatic heterocycles. The van der Waals surface area contributed by atoms with Gasteiger partial charge in [-0.2, -0.15) is 0 Å². The molecule has 108 valence electrons. The predicted molar refractivity (Wildman–Crippen MR) is 70.5 cm³/mol. The summed E-state index contributed by atoms with van der Waals surface area (Å²) in [5.41, 5.74) is 0. The molecule has 0 saturated carbocycles. The van der Waals surface area contributed by atoms with Crippen molar-refractivity contribution in [3.05, 3.63) is 30.3 Å². The quantitative estimate of drug-likeness (QED) is 0.881. The fraction of sp³-hybridized carbons (Fsp3) is 0.429. The standard InChI is InChI=1S/C14H17NO5/c1-10(20-11-5-3-2-4-6-11)13(16)15-7-8-19-12(9-15)14(17)18/h2-6,10,12H,7-9H2,1H3,(H,17,18)/t10-,12-/m1/s1. The van der Waals surface area contributed by atoms with Crippen molar-refractivity contribution in [3.8, 4) is 5.75 Å². The van der Waals surface area contributed by atoms with Crippen LogP contribution in [0.5, 0.6) is 5.75 Å². The van der Waals surface area contributed by atoms with Crippen LogP contribution in [0, 0.1) is 0 Å². The summed E-state index contributed by atoms with van der Waals surface area (Å²) in [7, 11) is 0. The Morgan fingerprint density at radius 2 is 2.10 bits per heavy atom. The average Bonchev–Trinajstić information content (AvgIpc) is 2.47. The van der Waals surface area contributed by atoms with Crippen LogP contribution >= 0.6 is 0 Å². The van der Waals surface area contributed by atoms with Crippen molar-refractivity contribution in [2.75, 3.05) is 19.7 Å². The Morgan fingerprint density at radius 1 is 1.40 bits per heavy atom. The van der Waals surface area contributed by atoms with Crippen molar-refractivity contribution in [2.45, 2.75) is 19.1 Å². The van der Waals surface area contributed by atoms with Crippen molar-refractivity contribution in [1.82, 2.24) is 4.90 Å². The normalized spacial score (nSPS) is 20.2. The smallest absolute Gasteiger partial charge is 0.334 e. The SMILES string of the molecule is C[C@@H](Oc1ccccc1)C(=O)N1CCO[C@@H](C(=O)O)C1. The van der Waals surface area contributed by atoms with E-state index in [2.05, 4.69) is 0 Å². The molecule has 0 spiro atoms. The van der Waals surface area contributed by atoms with Crippen LogP contribution < -0.4 is 4.74 Å². The molecule has 0 bridgehead atoms. The van der Waals surface area contributed by atoms with E-state index in [1.807, 2.05) is 18.2 Å². The minimum Gasteiger partial charge on any atom is -0.481 e. The molecule has 1 heterocycles. The molecule has 1 amide bonds. The Balaban J connectivity index is 1.94. The van der Waals surface area contributed by atoms with Crippen molar-refractivity contribution >= 4 is 11.9 Å². The summed E-state index contributed by atoms with van der Waals surface area (Å²) < 4.78 is 10.6. The maximum Gasteiger partial charge on any atom is 0.334 e. The zero-order valence-electron chi connectivity index (χ0n) is 11.2. The van der Waals surface area contributed by atoms with E-state index in [1.54, 1.807) is 19.1 Å². The number of aliphatic carboxylic acids is 1.